The number of ether oxygens (including phenoxy) is 2. The van der Waals surface area contributed by atoms with Gasteiger partial charge in [-0.1, -0.05) is 36.4 Å². The first-order valence-corrected chi connectivity index (χ1v) is 10.4. The Balaban J connectivity index is 1.39. The van der Waals surface area contributed by atoms with E-state index in [1.807, 2.05) is 48.5 Å². The van der Waals surface area contributed by atoms with E-state index in [9.17, 15) is 9.59 Å². The third kappa shape index (κ3) is 5.10. The van der Waals surface area contributed by atoms with Crippen LogP contribution in [0.1, 0.15) is 11.1 Å². The summed E-state index contributed by atoms with van der Waals surface area (Å²) in [5.41, 5.74) is 2.17. The molecule has 0 atom stereocenters. The lowest BCUT2D eigenvalue weighted by atomic mass is 10.1. The van der Waals surface area contributed by atoms with Crippen molar-refractivity contribution in [3.63, 3.8) is 0 Å². The number of para-hydroxylation sites is 2. The summed E-state index contributed by atoms with van der Waals surface area (Å²) in [6, 6.07) is 14.7. The normalized spacial score (nSPS) is 17.8. The van der Waals surface area contributed by atoms with E-state index in [1.54, 1.807) is 12.2 Å². The quantitative estimate of drug-likeness (QED) is 0.279. The van der Waals surface area contributed by atoms with Gasteiger partial charge in [-0.3, -0.25) is 20.2 Å². The van der Waals surface area contributed by atoms with Crippen molar-refractivity contribution in [1.29, 1.82) is 0 Å². The molecule has 0 radical (unpaired) electrons. The number of hydrogen-bond donors (Lipinski definition) is 4. The lowest BCUT2D eigenvalue weighted by Gasteiger charge is -2.12. The maximum atomic E-state index is 11.9. The number of carbonyl (C=O) groups is 2. The Bertz CT molecular complexity index is 1080. The Morgan fingerprint density at radius 2 is 1.06 bits per heavy atom. The van der Waals surface area contributed by atoms with E-state index in [2.05, 4.69) is 21.3 Å². The molecule has 162 valence electrons. The average molecular weight is 467 g/mol. The van der Waals surface area contributed by atoms with E-state index in [1.165, 1.54) is 0 Å². The fraction of sp³-hybridized carbons (Fsp3) is 0.0909. The molecule has 0 aromatic heterocycles. The molecule has 2 aliphatic rings. The van der Waals surface area contributed by atoms with Crippen LogP contribution in [0.5, 0.6) is 11.5 Å². The second kappa shape index (κ2) is 9.58. The van der Waals surface area contributed by atoms with Crippen LogP contribution in [-0.2, 0) is 9.59 Å². The highest BCUT2D eigenvalue weighted by Gasteiger charge is 2.21. The van der Waals surface area contributed by atoms with Crippen LogP contribution in [0, 0.1) is 0 Å². The Morgan fingerprint density at radius 1 is 0.656 bits per heavy atom. The summed E-state index contributed by atoms with van der Waals surface area (Å²) in [6.07, 6.45) is 3.35. The van der Waals surface area contributed by atoms with Crippen molar-refractivity contribution in [3.8, 4) is 11.5 Å². The summed E-state index contributed by atoms with van der Waals surface area (Å²) in [5.74, 6) is 0.633. The van der Waals surface area contributed by atoms with Crippen molar-refractivity contribution < 1.29 is 19.1 Å². The molecule has 4 rings (SSSR count). The van der Waals surface area contributed by atoms with Crippen LogP contribution >= 0.6 is 24.4 Å². The number of amides is 2. The number of rotatable bonds is 7. The third-order valence-corrected chi connectivity index (χ3v) is 4.88. The first-order valence-electron chi connectivity index (χ1n) is 9.61. The molecule has 0 spiro atoms. The summed E-state index contributed by atoms with van der Waals surface area (Å²) >= 11 is 9.91. The molecule has 0 unspecified atom stereocenters. The fourth-order valence-corrected chi connectivity index (χ4v) is 3.45. The maximum Gasteiger partial charge on any atom is 0.273 e. The van der Waals surface area contributed by atoms with Crippen molar-refractivity contribution in [3.05, 3.63) is 71.1 Å². The number of hydrogen-bond acceptors (Lipinski definition) is 6. The van der Waals surface area contributed by atoms with Gasteiger partial charge in [0.25, 0.3) is 11.8 Å². The lowest BCUT2D eigenvalue weighted by Crippen LogP contribution is -2.21. The molecule has 0 bridgehead atoms. The lowest BCUT2D eigenvalue weighted by molar-refractivity contribution is -0.116. The van der Waals surface area contributed by atoms with Gasteiger partial charge in [0.1, 0.15) is 36.1 Å². The van der Waals surface area contributed by atoms with Gasteiger partial charge in [0.2, 0.25) is 0 Å². The number of carbonyl (C=O) groups excluding carboxylic acids is 2. The monoisotopic (exact) mass is 466 g/mol. The largest absolute Gasteiger partial charge is 0.489 e. The Morgan fingerprint density at radius 3 is 1.44 bits per heavy atom. The molecule has 2 saturated heterocycles. The molecule has 0 saturated carbocycles. The van der Waals surface area contributed by atoms with Gasteiger partial charge in [-0.2, -0.15) is 0 Å². The van der Waals surface area contributed by atoms with E-state index in [4.69, 9.17) is 33.9 Å². The fourth-order valence-electron chi connectivity index (χ4n) is 3.04. The van der Waals surface area contributed by atoms with Gasteiger partial charge in [-0.25, -0.2) is 0 Å². The Kier molecular flexibility index (Phi) is 6.43. The minimum atomic E-state index is -0.287. The molecule has 2 heterocycles. The van der Waals surface area contributed by atoms with Gasteiger partial charge in [-0.05, 0) is 48.7 Å². The van der Waals surface area contributed by atoms with Crippen molar-refractivity contribution in [2.75, 3.05) is 13.2 Å². The second-order valence-corrected chi connectivity index (χ2v) is 7.52. The molecule has 4 N–H and O–H groups in total. The standard InChI is InChI=1S/C22H18N4O4S2/c27-19-15(23-21(31)25-19)11-13-5-1-3-7-17(13)29-9-10-30-18-8-4-2-6-14(18)12-16-20(28)26-22(32)24-16/h1-8,11-12H,9-10H2,(H2,23,25,27,31)(H2,24,26,28,32)/b15-11-,16-12+. The molecule has 8 nitrogen and oxygen atoms in total. The van der Waals surface area contributed by atoms with E-state index in [0.29, 0.717) is 22.9 Å². The van der Waals surface area contributed by atoms with E-state index in [0.717, 1.165) is 11.1 Å². The molecule has 2 fully saturated rings. The zero-order chi connectivity index (χ0) is 22.5. The van der Waals surface area contributed by atoms with Crippen molar-refractivity contribution in [2.24, 2.45) is 0 Å². The van der Waals surface area contributed by atoms with E-state index < -0.39 is 0 Å². The van der Waals surface area contributed by atoms with Gasteiger partial charge >= 0.3 is 0 Å². The van der Waals surface area contributed by atoms with E-state index in [-0.39, 0.29) is 35.3 Å². The minimum absolute atomic E-state index is 0.270. The molecule has 2 aromatic rings. The number of thiocarbonyl (C=S) groups is 2. The molecule has 32 heavy (non-hydrogen) atoms. The predicted octanol–water partition coefficient (Wildman–Crippen LogP) is 1.83. The average Bonchev–Trinajstić information content (AvgIpc) is 3.26. The van der Waals surface area contributed by atoms with Crippen LogP contribution < -0.4 is 30.7 Å². The minimum Gasteiger partial charge on any atom is -0.489 e. The van der Waals surface area contributed by atoms with Crippen molar-refractivity contribution >= 4 is 58.6 Å². The summed E-state index contributed by atoms with van der Waals surface area (Å²) in [7, 11) is 0. The van der Waals surface area contributed by atoms with Crippen LogP contribution in [0.25, 0.3) is 12.2 Å². The van der Waals surface area contributed by atoms with Crippen molar-refractivity contribution in [1.82, 2.24) is 21.3 Å². The molecule has 0 aliphatic carbocycles. The molecule has 2 amide bonds. The van der Waals surface area contributed by atoms with Crippen LogP contribution in [0.2, 0.25) is 0 Å². The van der Waals surface area contributed by atoms with Crippen LogP contribution in [-0.4, -0.2) is 35.3 Å². The highest BCUT2D eigenvalue weighted by molar-refractivity contribution is 7.80. The van der Waals surface area contributed by atoms with Crippen LogP contribution in [0.4, 0.5) is 0 Å². The summed E-state index contributed by atoms with van der Waals surface area (Å²) in [5, 5.41) is 11.2. The van der Waals surface area contributed by atoms with E-state index >= 15 is 0 Å². The van der Waals surface area contributed by atoms with Gasteiger partial charge < -0.3 is 20.1 Å². The summed E-state index contributed by atoms with van der Waals surface area (Å²) in [4.78, 5) is 23.8. The molecule has 2 aromatic carbocycles. The summed E-state index contributed by atoms with van der Waals surface area (Å²) in [6.45, 7) is 0.540. The first kappa shape index (κ1) is 21.5. The Hall–Kier alpha value is -3.76. The number of benzene rings is 2. The zero-order valence-electron chi connectivity index (χ0n) is 16.6. The summed E-state index contributed by atoms with van der Waals surface area (Å²) < 4.78 is 11.7. The predicted molar refractivity (Wildman–Crippen MR) is 128 cm³/mol. The topological polar surface area (TPSA) is 101 Å². The van der Waals surface area contributed by atoms with Gasteiger partial charge in [0.15, 0.2) is 10.2 Å². The van der Waals surface area contributed by atoms with Crippen molar-refractivity contribution in [2.45, 2.75) is 0 Å². The van der Waals surface area contributed by atoms with Gasteiger partial charge in [0.05, 0.1) is 0 Å². The smallest absolute Gasteiger partial charge is 0.273 e. The number of nitrogens with one attached hydrogen (secondary N) is 4. The molecule has 10 heteroatoms. The molecular formula is C22H18N4O4S2. The third-order valence-electron chi connectivity index (χ3n) is 4.48. The first-order chi connectivity index (χ1) is 15.5. The van der Waals surface area contributed by atoms with Crippen LogP contribution in [0.15, 0.2) is 59.9 Å². The van der Waals surface area contributed by atoms with Crippen LogP contribution in [0.3, 0.4) is 0 Å². The highest BCUT2D eigenvalue weighted by atomic mass is 32.1. The molecular weight excluding hydrogens is 448 g/mol. The SMILES string of the molecule is O=C1NC(=S)N/C1=C\c1ccccc1OCCOc1ccccc1/C=C1/NC(=S)NC1=O. The zero-order valence-corrected chi connectivity index (χ0v) is 18.3. The van der Waals surface area contributed by atoms with Gasteiger partial charge in [-0.15, -0.1) is 0 Å². The second-order valence-electron chi connectivity index (χ2n) is 6.71. The van der Waals surface area contributed by atoms with Gasteiger partial charge in [0, 0.05) is 11.1 Å². The maximum absolute atomic E-state index is 11.9. The Labute approximate surface area is 194 Å². The molecule has 2 aliphatic heterocycles. The highest BCUT2D eigenvalue weighted by Crippen LogP contribution is 2.23.